The molecular weight excluding hydrogens is 264 g/mol. The number of benzene rings is 1. The lowest BCUT2D eigenvalue weighted by Crippen LogP contribution is -2.44. The summed E-state index contributed by atoms with van der Waals surface area (Å²) in [6, 6.07) is 9.87. The van der Waals surface area contributed by atoms with E-state index in [1.807, 2.05) is 68.2 Å². The predicted molar refractivity (Wildman–Crippen MR) is 83.1 cm³/mol. The summed E-state index contributed by atoms with van der Waals surface area (Å²) in [7, 11) is 0. The van der Waals surface area contributed by atoms with Crippen LogP contribution in [-0.2, 0) is 11.3 Å². The number of nitrogens with zero attached hydrogens (tertiary/aromatic N) is 2. The highest BCUT2D eigenvalue weighted by Gasteiger charge is 2.13. The minimum Gasteiger partial charge on any atom is -0.353 e. The summed E-state index contributed by atoms with van der Waals surface area (Å²) in [5, 5.41) is 10.4. The van der Waals surface area contributed by atoms with Crippen molar-refractivity contribution in [2.45, 2.75) is 39.4 Å². The Morgan fingerprint density at radius 1 is 1.24 bits per heavy atom. The van der Waals surface area contributed by atoms with Gasteiger partial charge in [0, 0.05) is 24.3 Å². The summed E-state index contributed by atoms with van der Waals surface area (Å²) >= 11 is 0. The van der Waals surface area contributed by atoms with Gasteiger partial charge >= 0.3 is 0 Å². The molecule has 2 rings (SSSR count). The van der Waals surface area contributed by atoms with E-state index in [2.05, 4.69) is 15.7 Å². The van der Waals surface area contributed by atoms with E-state index in [4.69, 9.17) is 0 Å². The van der Waals surface area contributed by atoms with E-state index in [0.29, 0.717) is 6.54 Å². The Kier molecular flexibility index (Phi) is 5.11. The Morgan fingerprint density at radius 2 is 1.95 bits per heavy atom. The molecule has 1 aromatic heterocycles. The predicted octanol–water partition coefficient (Wildman–Crippen LogP) is 1.87. The second kappa shape index (κ2) is 7.04. The maximum Gasteiger partial charge on any atom is 0.237 e. The summed E-state index contributed by atoms with van der Waals surface area (Å²) in [4.78, 5) is 11.8. The molecule has 0 saturated carbocycles. The van der Waals surface area contributed by atoms with Gasteiger partial charge in [0.25, 0.3) is 0 Å². The van der Waals surface area contributed by atoms with E-state index < -0.39 is 0 Å². The van der Waals surface area contributed by atoms with E-state index in [9.17, 15) is 4.79 Å². The Morgan fingerprint density at radius 3 is 2.62 bits per heavy atom. The third-order valence-corrected chi connectivity index (χ3v) is 3.09. The molecule has 0 aliphatic carbocycles. The highest BCUT2D eigenvalue weighted by atomic mass is 16.2. The first-order valence-electron chi connectivity index (χ1n) is 7.19. The smallest absolute Gasteiger partial charge is 0.237 e. The Hall–Kier alpha value is -2.14. The van der Waals surface area contributed by atoms with Crippen molar-refractivity contribution in [2.75, 3.05) is 0 Å². The zero-order valence-electron chi connectivity index (χ0n) is 12.7. The minimum absolute atomic E-state index is 0.0143. The van der Waals surface area contributed by atoms with Gasteiger partial charge in [0.15, 0.2) is 0 Å². The van der Waals surface area contributed by atoms with Crippen molar-refractivity contribution in [2.24, 2.45) is 0 Å². The van der Waals surface area contributed by atoms with Gasteiger partial charge in [-0.25, -0.2) is 4.68 Å². The standard InChI is InChI=1S/C16H22N4O/c1-12(2)19-16(21)13(3)17-9-14-10-18-20(11-14)15-7-5-4-6-8-15/h4-8,10-13,17H,9H2,1-3H3,(H,19,21). The molecule has 5 heteroatoms. The van der Waals surface area contributed by atoms with Crippen LogP contribution in [0.2, 0.25) is 0 Å². The molecule has 2 N–H and O–H groups in total. The van der Waals surface area contributed by atoms with Gasteiger partial charge in [-0.1, -0.05) is 18.2 Å². The van der Waals surface area contributed by atoms with E-state index in [1.165, 1.54) is 0 Å². The Bertz CT molecular complexity index is 577. The molecule has 0 spiro atoms. The number of hydrogen-bond acceptors (Lipinski definition) is 3. The van der Waals surface area contributed by atoms with Gasteiger partial charge in [-0.05, 0) is 32.9 Å². The van der Waals surface area contributed by atoms with E-state index >= 15 is 0 Å². The maximum absolute atomic E-state index is 11.8. The molecule has 1 unspecified atom stereocenters. The molecule has 112 valence electrons. The molecule has 2 aromatic rings. The van der Waals surface area contributed by atoms with Crippen LogP contribution in [-0.4, -0.2) is 27.8 Å². The highest BCUT2D eigenvalue weighted by Crippen LogP contribution is 2.07. The SMILES string of the molecule is CC(C)NC(=O)C(C)NCc1cnn(-c2ccccc2)c1. The van der Waals surface area contributed by atoms with Crippen LogP contribution in [0.5, 0.6) is 0 Å². The summed E-state index contributed by atoms with van der Waals surface area (Å²) in [5.41, 5.74) is 2.07. The van der Waals surface area contributed by atoms with Gasteiger partial charge in [0.1, 0.15) is 0 Å². The van der Waals surface area contributed by atoms with Gasteiger partial charge in [-0.2, -0.15) is 5.10 Å². The number of rotatable bonds is 6. The number of aromatic nitrogens is 2. The van der Waals surface area contributed by atoms with E-state index in [0.717, 1.165) is 11.3 Å². The van der Waals surface area contributed by atoms with Gasteiger partial charge in [-0.15, -0.1) is 0 Å². The topological polar surface area (TPSA) is 59.0 Å². The molecule has 0 aliphatic heterocycles. The van der Waals surface area contributed by atoms with Crippen LogP contribution < -0.4 is 10.6 Å². The molecule has 0 fully saturated rings. The fourth-order valence-electron chi connectivity index (χ4n) is 1.95. The van der Waals surface area contributed by atoms with Gasteiger partial charge in [0.2, 0.25) is 5.91 Å². The molecule has 21 heavy (non-hydrogen) atoms. The number of hydrogen-bond donors (Lipinski definition) is 2. The van der Waals surface area contributed by atoms with Crippen LogP contribution >= 0.6 is 0 Å². The third-order valence-electron chi connectivity index (χ3n) is 3.09. The van der Waals surface area contributed by atoms with Crippen LogP contribution in [0, 0.1) is 0 Å². The highest BCUT2D eigenvalue weighted by molar-refractivity contribution is 5.81. The first-order chi connectivity index (χ1) is 10.1. The van der Waals surface area contributed by atoms with Crippen molar-refractivity contribution in [1.29, 1.82) is 0 Å². The van der Waals surface area contributed by atoms with Crippen molar-refractivity contribution >= 4 is 5.91 Å². The third kappa shape index (κ3) is 4.43. The summed E-state index contributed by atoms with van der Waals surface area (Å²) in [5.74, 6) is 0.0143. The summed E-state index contributed by atoms with van der Waals surface area (Å²) in [6.07, 6.45) is 3.78. The fourth-order valence-corrected chi connectivity index (χ4v) is 1.95. The van der Waals surface area contributed by atoms with Crippen LogP contribution in [0.4, 0.5) is 0 Å². The number of nitrogens with one attached hydrogen (secondary N) is 2. The average molecular weight is 286 g/mol. The molecule has 0 radical (unpaired) electrons. The van der Waals surface area contributed by atoms with Crippen LogP contribution in [0.25, 0.3) is 5.69 Å². The molecule has 0 aliphatic rings. The number of carbonyl (C=O) groups is 1. The van der Waals surface area contributed by atoms with Crippen molar-refractivity contribution in [3.63, 3.8) is 0 Å². The number of para-hydroxylation sites is 1. The lowest BCUT2D eigenvalue weighted by molar-refractivity contribution is -0.123. The molecule has 1 atom stereocenters. The van der Waals surface area contributed by atoms with E-state index in [1.54, 1.807) is 0 Å². The summed E-state index contributed by atoms with van der Waals surface area (Å²) in [6.45, 7) is 6.38. The molecule has 1 aromatic carbocycles. The normalized spacial score (nSPS) is 12.4. The fraction of sp³-hybridized carbons (Fsp3) is 0.375. The molecule has 1 heterocycles. The minimum atomic E-state index is -0.229. The first kappa shape index (κ1) is 15.3. The number of carbonyl (C=O) groups excluding carboxylic acids is 1. The molecular formula is C16H22N4O. The average Bonchev–Trinajstić information content (AvgIpc) is 2.94. The Labute approximate surface area is 125 Å². The van der Waals surface area contributed by atoms with Crippen LogP contribution in [0.15, 0.2) is 42.7 Å². The van der Waals surface area contributed by atoms with E-state index in [-0.39, 0.29) is 18.0 Å². The van der Waals surface area contributed by atoms with Crippen LogP contribution in [0.1, 0.15) is 26.3 Å². The van der Waals surface area contributed by atoms with Crippen LogP contribution in [0.3, 0.4) is 0 Å². The monoisotopic (exact) mass is 286 g/mol. The zero-order valence-corrected chi connectivity index (χ0v) is 12.7. The van der Waals surface area contributed by atoms with Crippen molar-refractivity contribution < 1.29 is 4.79 Å². The van der Waals surface area contributed by atoms with Gasteiger partial charge in [-0.3, -0.25) is 4.79 Å². The van der Waals surface area contributed by atoms with Crippen molar-refractivity contribution in [3.8, 4) is 5.69 Å². The molecule has 0 saturated heterocycles. The lowest BCUT2D eigenvalue weighted by atomic mass is 10.2. The second-order valence-electron chi connectivity index (χ2n) is 5.39. The zero-order chi connectivity index (χ0) is 15.2. The Balaban J connectivity index is 1.90. The summed E-state index contributed by atoms with van der Waals surface area (Å²) < 4.78 is 1.83. The van der Waals surface area contributed by atoms with Crippen molar-refractivity contribution in [3.05, 3.63) is 48.3 Å². The largest absolute Gasteiger partial charge is 0.353 e. The molecule has 0 bridgehead atoms. The second-order valence-corrected chi connectivity index (χ2v) is 5.39. The quantitative estimate of drug-likeness (QED) is 0.852. The van der Waals surface area contributed by atoms with Gasteiger partial charge < -0.3 is 10.6 Å². The molecule has 1 amide bonds. The number of amides is 1. The van der Waals surface area contributed by atoms with Gasteiger partial charge in [0.05, 0.1) is 17.9 Å². The lowest BCUT2D eigenvalue weighted by Gasteiger charge is -2.15. The molecule has 5 nitrogen and oxygen atoms in total. The first-order valence-corrected chi connectivity index (χ1v) is 7.19. The van der Waals surface area contributed by atoms with Crippen molar-refractivity contribution in [1.82, 2.24) is 20.4 Å². The maximum atomic E-state index is 11.8.